The third-order valence-corrected chi connectivity index (χ3v) is 4.95. The first-order chi connectivity index (χ1) is 17.1. The summed E-state index contributed by atoms with van der Waals surface area (Å²) in [6, 6.07) is 25.1. The van der Waals surface area contributed by atoms with Crippen LogP contribution in [0, 0.1) is 5.82 Å². The van der Waals surface area contributed by atoms with E-state index in [2.05, 4.69) is 25.9 Å². The predicted molar refractivity (Wildman–Crippen MR) is 130 cm³/mol. The van der Waals surface area contributed by atoms with Crippen molar-refractivity contribution in [2.75, 3.05) is 10.6 Å². The Hall–Kier alpha value is -5.05. The molecule has 3 aromatic carbocycles. The summed E-state index contributed by atoms with van der Waals surface area (Å²) in [7, 11) is 0. The van der Waals surface area contributed by atoms with Crippen LogP contribution >= 0.6 is 0 Å². The Balaban J connectivity index is 1.20. The summed E-state index contributed by atoms with van der Waals surface area (Å²) in [6.07, 6.45) is 3.46. The van der Waals surface area contributed by atoms with E-state index < -0.39 is 0 Å². The van der Waals surface area contributed by atoms with Gasteiger partial charge in [0.1, 0.15) is 17.3 Å². The monoisotopic (exact) mass is 466 g/mol. The molecule has 2 N–H and O–H groups in total. The first-order valence-electron chi connectivity index (χ1n) is 10.7. The van der Waals surface area contributed by atoms with E-state index in [-0.39, 0.29) is 11.7 Å². The minimum Gasteiger partial charge on any atom is -0.457 e. The largest absolute Gasteiger partial charge is 0.457 e. The Morgan fingerprint density at radius 2 is 1.63 bits per heavy atom. The topological polar surface area (TPSA) is 94.0 Å². The quantitative estimate of drug-likeness (QED) is 0.325. The van der Waals surface area contributed by atoms with Crippen LogP contribution in [0.3, 0.4) is 0 Å². The molecular formula is C26H19FN6O2. The van der Waals surface area contributed by atoms with Gasteiger partial charge in [-0.3, -0.25) is 4.79 Å². The van der Waals surface area contributed by atoms with Crippen LogP contribution < -0.4 is 15.4 Å². The zero-order chi connectivity index (χ0) is 24.0. The molecule has 5 aromatic rings. The van der Waals surface area contributed by atoms with Crippen LogP contribution in [-0.2, 0) is 0 Å². The molecule has 35 heavy (non-hydrogen) atoms. The Labute approximate surface area is 200 Å². The lowest BCUT2D eigenvalue weighted by atomic mass is 10.2. The number of carbonyl (C=O) groups excluding carboxylic acids is 1. The van der Waals surface area contributed by atoms with E-state index in [9.17, 15) is 9.18 Å². The van der Waals surface area contributed by atoms with Gasteiger partial charge in [-0.2, -0.15) is 5.10 Å². The molecule has 0 atom stereocenters. The van der Waals surface area contributed by atoms with Crippen LogP contribution in [0.2, 0.25) is 0 Å². The zero-order valence-electron chi connectivity index (χ0n) is 18.3. The van der Waals surface area contributed by atoms with Crippen LogP contribution in [0.5, 0.6) is 11.5 Å². The molecule has 0 saturated carbocycles. The molecule has 5 rings (SSSR count). The van der Waals surface area contributed by atoms with Crippen molar-refractivity contribution in [1.29, 1.82) is 0 Å². The van der Waals surface area contributed by atoms with Crippen LogP contribution in [0.4, 0.5) is 21.6 Å². The number of ether oxygens (including phenoxy) is 1. The van der Waals surface area contributed by atoms with Crippen molar-refractivity contribution in [1.82, 2.24) is 20.0 Å². The number of rotatable bonds is 7. The summed E-state index contributed by atoms with van der Waals surface area (Å²) in [5.41, 5.74) is 1.85. The summed E-state index contributed by atoms with van der Waals surface area (Å²) in [5.74, 6) is 1.52. The van der Waals surface area contributed by atoms with Crippen molar-refractivity contribution in [2.24, 2.45) is 0 Å². The highest BCUT2D eigenvalue weighted by Gasteiger charge is 2.09. The Morgan fingerprint density at radius 3 is 2.34 bits per heavy atom. The SMILES string of the molecule is O=C(Nc1ccc(Nc2ccc(-n3cccn3)nn2)cc1)c1cccc(Oc2ccc(F)cc2)c1. The van der Waals surface area contributed by atoms with Gasteiger partial charge in [0.2, 0.25) is 0 Å². The molecule has 0 fully saturated rings. The first-order valence-corrected chi connectivity index (χ1v) is 10.7. The normalized spacial score (nSPS) is 10.5. The van der Waals surface area contributed by atoms with Gasteiger partial charge in [-0.15, -0.1) is 10.2 Å². The maximum absolute atomic E-state index is 13.1. The molecule has 0 aliphatic rings. The number of nitrogens with one attached hydrogen (secondary N) is 2. The molecule has 0 saturated heterocycles. The highest BCUT2D eigenvalue weighted by molar-refractivity contribution is 6.04. The van der Waals surface area contributed by atoms with Crippen molar-refractivity contribution in [3.63, 3.8) is 0 Å². The lowest BCUT2D eigenvalue weighted by Crippen LogP contribution is -2.11. The Morgan fingerprint density at radius 1 is 0.829 bits per heavy atom. The fourth-order valence-electron chi connectivity index (χ4n) is 3.25. The molecule has 0 radical (unpaired) electrons. The van der Waals surface area contributed by atoms with Gasteiger partial charge in [0.25, 0.3) is 5.91 Å². The van der Waals surface area contributed by atoms with Crippen molar-refractivity contribution in [2.45, 2.75) is 0 Å². The zero-order valence-corrected chi connectivity index (χ0v) is 18.3. The molecule has 0 spiro atoms. The van der Waals surface area contributed by atoms with Gasteiger partial charge in [-0.1, -0.05) is 6.07 Å². The maximum atomic E-state index is 13.1. The minimum absolute atomic E-state index is 0.282. The first kappa shape index (κ1) is 21.8. The van der Waals surface area contributed by atoms with Gasteiger partial charge in [-0.05, 0) is 84.9 Å². The number of hydrogen-bond donors (Lipinski definition) is 2. The molecule has 0 bridgehead atoms. The van der Waals surface area contributed by atoms with Crippen LogP contribution in [0.15, 0.2) is 103 Å². The maximum Gasteiger partial charge on any atom is 0.255 e. The number of anilines is 3. The van der Waals surface area contributed by atoms with E-state index >= 15 is 0 Å². The number of halogens is 1. The third-order valence-electron chi connectivity index (χ3n) is 4.95. The van der Waals surface area contributed by atoms with Gasteiger partial charge < -0.3 is 15.4 Å². The van der Waals surface area contributed by atoms with Crippen LogP contribution in [0.1, 0.15) is 10.4 Å². The van der Waals surface area contributed by atoms with Gasteiger partial charge in [-0.25, -0.2) is 9.07 Å². The van der Waals surface area contributed by atoms with E-state index in [1.165, 1.54) is 24.3 Å². The predicted octanol–water partition coefficient (Wildman–Crippen LogP) is 5.59. The number of nitrogens with zero attached hydrogens (tertiary/aromatic N) is 4. The molecule has 2 aromatic heterocycles. The molecule has 0 unspecified atom stereocenters. The highest BCUT2D eigenvalue weighted by Crippen LogP contribution is 2.23. The summed E-state index contributed by atoms with van der Waals surface area (Å²) >= 11 is 0. The molecule has 9 heteroatoms. The van der Waals surface area contributed by atoms with Crippen molar-refractivity contribution >= 4 is 23.1 Å². The van der Waals surface area contributed by atoms with Gasteiger partial charge in [0.15, 0.2) is 11.6 Å². The average molecular weight is 466 g/mol. The van der Waals surface area contributed by atoms with E-state index in [0.29, 0.717) is 34.4 Å². The van der Waals surface area contributed by atoms with Gasteiger partial charge >= 0.3 is 0 Å². The number of aromatic nitrogens is 4. The van der Waals surface area contributed by atoms with E-state index in [1.807, 2.05) is 24.3 Å². The summed E-state index contributed by atoms with van der Waals surface area (Å²) in [6.45, 7) is 0. The highest BCUT2D eigenvalue weighted by atomic mass is 19.1. The van der Waals surface area contributed by atoms with Crippen molar-refractivity contribution in [3.05, 3.63) is 115 Å². The third kappa shape index (κ3) is 5.48. The smallest absolute Gasteiger partial charge is 0.255 e. The lowest BCUT2D eigenvalue weighted by Gasteiger charge is -2.10. The molecule has 2 heterocycles. The standard InChI is InChI=1S/C26H19FN6O2/c27-19-5-11-22(12-6-19)35-23-4-1-3-18(17-23)26(34)30-21-9-7-20(8-10-21)29-24-13-14-25(32-31-24)33-16-2-15-28-33/h1-17H,(H,29,31)(H,30,34). The summed E-state index contributed by atoms with van der Waals surface area (Å²) in [4.78, 5) is 12.7. The molecule has 0 aliphatic carbocycles. The van der Waals surface area contributed by atoms with E-state index in [0.717, 1.165) is 5.69 Å². The van der Waals surface area contributed by atoms with Crippen LogP contribution in [-0.4, -0.2) is 25.9 Å². The second-order valence-corrected chi connectivity index (χ2v) is 7.47. The fourth-order valence-corrected chi connectivity index (χ4v) is 3.25. The Kier molecular flexibility index (Phi) is 6.12. The second kappa shape index (κ2) is 9.84. The molecule has 172 valence electrons. The number of hydrogen-bond acceptors (Lipinski definition) is 6. The number of carbonyl (C=O) groups is 1. The molecule has 8 nitrogen and oxygen atoms in total. The molecular weight excluding hydrogens is 447 g/mol. The van der Waals surface area contributed by atoms with Crippen molar-refractivity contribution in [3.8, 4) is 17.3 Å². The lowest BCUT2D eigenvalue weighted by molar-refractivity contribution is 0.102. The molecule has 1 amide bonds. The summed E-state index contributed by atoms with van der Waals surface area (Å²) < 4.78 is 20.4. The number of benzene rings is 3. The minimum atomic E-state index is -0.345. The van der Waals surface area contributed by atoms with Gasteiger partial charge in [0, 0.05) is 29.3 Å². The molecule has 0 aliphatic heterocycles. The second-order valence-electron chi connectivity index (χ2n) is 7.47. The van der Waals surface area contributed by atoms with E-state index in [1.54, 1.807) is 59.5 Å². The summed E-state index contributed by atoms with van der Waals surface area (Å²) in [5, 5.41) is 18.5. The average Bonchev–Trinajstić information content (AvgIpc) is 3.42. The van der Waals surface area contributed by atoms with Crippen molar-refractivity contribution < 1.29 is 13.9 Å². The van der Waals surface area contributed by atoms with Crippen LogP contribution in [0.25, 0.3) is 5.82 Å². The Bertz CT molecular complexity index is 1420. The fraction of sp³-hybridized carbons (Fsp3) is 0. The van der Waals surface area contributed by atoms with E-state index in [4.69, 9.17) is 4.74 Å². The van der Waals surface area contributed by atoms with Gasteiger partial charge in [0.05, 0.1) is 0 Å². The number of amides is 1.